The van der Waals surface area contributed by atoms with Crippen molar-refractivity contribution in [2.45, 2.75) is 24.7 Å². The van der Waals surface area contributed by atoms with E-state index in [-0.39, 0.29) is 12.1 Å². The molecule has 0 radical (unpaired) electrons. The summed E-state index contributed by atoms with van der Waals surface area (Å²) in [5, 5.41) is 19.5. The van der Waals surface area contributed by atoms with E-state index in [1.807, 2.05) is 55.6 Å². The Bertz CT molecular complexity index is 952. The van der Waals surface area contributed by atoms with Crippen LogP contribution in [0.3, 0.4) is 0 Å². The fourth-order valence-electron chi connectivity index (χ4n) is 3.67. The van der Waals surface area contributed by atoms with Crippen LogP contribution in [-0.2, 0) is 0 Å². The van der Waals surface area contributed by atoms with Crippen LogP contribution in [-0.4, -0.2) is 53.9 Å². The second-order valence-electron chi connectivity index (χ2n) is 7.68. The van der Waals surface area contributed by atoms with Gasteiger partial charge in [0.2, 0.25) is 5.95 Å². The van der Waals surface area contributed by atoms with Gasteiger partial charge in [-0.05, 0) is 49.5 Å². The fourth-order valence-corrected chi connectivity index (χ4v) is 3.67. The lowest BCUT2D eigenvalue weighted by molar-refractivity contribution is 0.185. The number of rotatable bonds is 9. The molecule has 0 bridgehead atoms. The summed E-state index contributed by atoms with van der Waals surface area (Å²) < 4.78 is 6.30. The molecule has 2 heterocycles. The average molecular weight is 420 g/mol. The first-order valence-corrected chi connectivity index (χ1v) is 10.7. The number of benzene rings is 2. The van der Waals surface area contributed by atoms with Crippen LogP contribution < -0.4 is 20.7 Å². The number of hydrogen-bond acceptors (Lipinski definition) is 7. The molecule has 4 N–H and O–H groups in total. The highest BCUT2D eigenvalue weighted by Crippen LogP contribution is 2.27. The van der Waals surface area contributed by atoms with Crippen LogP contribution in [0.15, 0.2) is 66.9 Å². The maximum Gasteiger partial charge on any atom is 0.223 e. The molecule has 3 atom stereocenters. The molecule has 0 saturated carbocycles. The zero-order chi connectivity index (χ0) is 21.5. The summed E-state index contributed by atoms with van der Waals surface area (Å²) >= 11 is 0. The van der Waals surface area contributed by atoms with E-state index in [0.29, 0.717) is 19.0 Å². The molecule has 3 aromatic rings. The topological polar surface area (TPSA) is 91.3 Å². The minimum atomic E-state index is -0.441. The molecule has 0 unspecified atom stereocenters. The molecule has 31 heavy (non-hydrogen) atoms. The third kappa shape index (κ3) is 5.58. The minimum absolute atomic E-state index is 0.0131. The molecule has 1 aliphatic rings. The van der Waals surface area contributed by atoms with Crippen LogP contribution in [0.5, 0.6) is 5.75 Å². The Balaban J connectivity index is 1.45. The quantitative estimate of drug-likeness (QED) is 0.424. The van der Waals surface area contributed by atoms with Crippen molar-refractivity contribution in [2.75, 3.05) is 32.0 Å². The van der Waals surface area contributed by atoms with Crippen LogP contribution in [0.25, 0.3) is 11.3 Å². The summed E-state index contributed by atoms with van der Waals surface area (Å²) in [6.07, 6.45) is 2.16. The van der Waals surface area contributed by atoms with Gasteiger partial charge in [0.1, 0.15) is 11.9 Å². The van der Waals surface area contributed by atoms with Crippen molar-refractivity contribution in [2.24, 2.45) is 0 Å². The Kier molecular flexibility index (Phi) is 7.09. The van der Waals surface area contributed by atoms with Crippen LogP contribution in [0.1, 0.15) is 18.1 Å². The summed E-state index contributed by atoms with van der Waals surface area (Å²) in [6, 6.07) is 20.0. The molecule has 7 heteroatoms. The number of aliphatic hydroxyl groups is 1. The van der Waals surface area contributed by atoms with Crippen LogP contribution in [0, 0.1) is 0 Å². The van der Waals surface area contributed by atoms with Gasteiger partial charge in [0.15, 0.2) is 0 Å². The Hall–Kier alpha value is -3.00. The molecule has 162 valence electrons. The van der Waals surface area contributed by atoms with Crippen molar-refractivity contribution >= 4 is 5.95 Å². The Morgan fingerprint density at radius 2 is 1.90 bits per heavy atom. The number of nitrogens with one attached hydrogen (secondary N) is 3. The molecule has 1 saturated heterocycles. The first-order chi connectivity index (χ1) is 15.2. The van der Waals surface area contributed by atoms with Crippen molar-refractivity contribution in [1.29, 1.82) is 0 Å². The number of aromatic nitrogens is 2. The van der Waals surface area contributed by atoms with Gasteiger partial charge in [0.05, 0.1) is 17.8 Å². The largest absolute Gasteiger partial charge is 0.486 e. The van der Waals surface area contributed by atoms with E-state index in [1.165, 1.54) is 0 Å². The second-order valence-corrected chi connectivity index (χ2v) is 7.68. The van der Waals surface area contributed by atoms with E-state index in [9.17, 15) is 5.11 Å². The first kappa shape index (κ1) is 21.2. The lowest BCUT2D eigenvalue weighted by Crippen LogP contribution is -2.32. The maximum absolute atomic E-state index is 9.98. The lowest BCUT2D eigenvalue weighted by atomic mass is 10.1. The highest BCUT2D eigenvalue weighted by atomic mass is 16.5. The molecule has 0 spiro atoms. The number of nitrogens with zero attached hydrogens (tertiary/aromatic N) is 2. The van der Waals surface area contributed by atoms with Gasteiger partial charge in [-0.15, -0.1) is 0 Å². The predicted molar refractivity (Wildman–Crippen MR) is 122 cm³/mol. The van der Waals surface area contributed by atoms with Gasteiger partial charge >= 0.3 is 0 Å². The maximum atomic E-state index is 9.98. The zero-order valence-electron chi connectivity index (χ0n) is 17.7. The van der Waals surface area contributed by atoms with Crippen LogP contribution in [0.4, 0.5) is 5.95 Å². The first-order valence-electron chi connectivity index (χ1n) is 10.7. The predicted octanol–water partition coefficient (Wildman–Crippen LogP) is 2.62. The number of hydrogen-bond donors (Lipinski definition) is 4. The molecule has 7 nitrogen and oxygen atoms in total. The van der Waals surface area contributed by atoms with Gasteiger partial charge in [0, 0.05) is 31.3 Å². The second kappa shape index (κ2) is 10.3. The standard InChI is InChI=1S/C24H29N5O2/c1-25-13-12-23(18-5-3-2-4-6-18)31-19-9-7-17(8-10-19)20-11-14-27-24(28-20)29-21-15-26-16-22(21)30/h2-11,14,21-23,25-26,30H,12-13,15-16H2,1H3,(H,27,28,29)/t21-,22-,23+/m0/s1. The summed E-state index contributed by atoms with van der Waals surface area (Å²) in [6.45, 7) is 2.15. The molecular weight excluding hydrogens is 390 g/mol. The molecule has 0 aliphatic carbocycles. The highest BCUT2D eigenvalue weighted by molar-refractivity contribution is 5.61. The van der Waals surface area contributed by atoms with Crippen molar-refractivity contribution in [3.63, 3.8) is 0 Å². The van der Waals surface area contributed by atoms with E-state index in [0.717, 1.165) is 35.5 Å². The summed E-state index contributed by atoms with van der Waals surface area (Å²) in [5.74, 6) is 1.34. The normalized spacial score (nSPS) is 19.2. The highest BCUT2D eigenvalue weighted by Gasteiger charge is 2.25. The fraction of sp³-hybridized carbons (Fsp3) is 0.333. The van der Waals surface area contributed by atoms with Gasteiger partial charge in [-0.25, -0.2) is 9.97 Å². The van der Waals surface area contributed by atoms with E-state index >= 15 is 0 Å². The number of aliphatic hydroxyl groups excluding tert-OH is 1. The van der Waals surface area contributed by atoms with E-state index in [2.05, 4.69) is 38.1 Å². The third-order valence-corrected chi connectivity index (χ3v) is 5.41. The molecule has 4 rings (SSSR count). The summed E-state index contributed by atoms with van der Waals surface area (Å²) in [4.78, 5) is 8.90. The molecule has 1 aromatic heterocycles. The smallest absolute Gasteiger partial charge is 0.223 e. The van der Waals surface area contributed by atoms with Gasteiger partial charge in [0.25, 0.3) is 0 Å². The van der Waals surface area contributed by atoms with E-state index in [1.54, 1.807) is 6.20 Å². The molecular formula is C24H29N5O2. The third-order valence-electron chi connectivity index (χ3n) is 5.41. The Morgan fingerprint density at radius 1 is 1.10 bits per heavy atom. The van der Waals surface area contributed by atoms with E-state index in [4.69, 9.17) is 4.74 Å². The van der Waals surface area contributed by atoms with Gasteiger partial charge < -0.3 is 25.8 Å². The van der Waals surface area contributed by atoms with Crippen molar-refractivity contribution in [3.8, 4) is 17.0 Å². The minimum Gasteiger partial charge on any atom is -0.486 e. The van der Waals surface area contributed by atoms with Gasteiger partial charge in [-0.1, -0.05) is 30.3 Å². The Labute approximate surface area is 182 Å². The lowest BCUT2D eigenvalue weighted by Gasteiger charge is -2.20. The van der Waals surface area contributed by atoms with Crippen molar-refractivity contribution in [3.05, 3.63) is 72.4 Å². The summed E-state index contributed by atoms with van der Waals surface area (Å²) in [5.41, 5.74) is 2.96. The van der Waals surface area contributed by atoms with Crippen LogP contribution in [0.2, 0.25) is 0 Å². The van der Waals surface area contributed by atoms with Crippen molar-refractivity contribution < 1.29 is 9.84 Å². The molecule has 2 aromatic carbocycles. The summed E-state index contributed by atoms with van der Waals surface area (Å²) in [7, 11) is 1.95. The molecule has 1 fully saturated rings. The SMILES string of the molecule is CNCC[C@@H](Oc1ccc(-c2ccnc(N[C@H]3CNC[C@@H]3O)n2)cc1)c1ccccc1. The number of anilines is 1. The number of β-amino-alcohol motifs (C(OH)–C–C–N with tert-alkyl or cyclic N) is 1. The monoisotopic (exact) mass is 419 g/mol. The molecule has 1 aliphatic heterocycles. The average Bonchev–Trinajstić information content (AvgIpc) is 3.22. The number of ether oxygens (including phenoxy) is 1. The molecule has 0 amide bonds. The van der Waals surface area contributed by atoms with Crippen LogP contribution >= 0.6 is 0 Å². The van der Waals surface area contributed by atoms with Crippen molar-refractivity contribution in [1.82, 2.24) is 20.6 Å². The Morgan fingerprint density at radius 3 is 2.61 bits per heavy atom. The zero-order valence-corrected chi connectivity index (χ0v) is 17.7. The van der Waals surface area contributed by atoms with Gasteiger partial charge in [-0.2, -0.15) is 0 Å². The van der Waals surface area contributed by atoms with E-state index < -0.39 is 6.10 Å². The van der Waals surface area contributed by atoms with Gasteiger partial charge in [-0.3, -0.25) is 0 Å².